The van der Waals surface area contributed by atoms with E-state index in [-0.39, 0.29) is 10.0 Å². The average molecular weight is 1470 g/mol. The van der Waals surface area contributed by atoms with Gasteiger partial charge in [-0.05, 0) is 0 Å². The maximum absolute atomic E-state index is 12.6. The van der Waals surface area contributed by atoms with Crippen LogP contribution in [0.2, 0.25) is 0 Å². The van der Waals surface area contributed by atoms with E-state index >= 15 is 0 Å². The zero-order chi connectivity index (χ0) is 15.8. The minimum atomic E-state index is -3.87. The number of hydrogen-bond acceptors (Lipinski definition) is 3. The minimum absolute atomic E-state index is 0.131. The molecule has 0 aromatic rings. The Hall–Kier alpha value is 6.50. The van der Waals surface area contributed by atoms with Gasteiger partial charge in [0.05, 0.1) is 0 Å². The predicted octanol–water partition coefficient (Wildman–Crippen LogP) is 5.68. The van der Waals surface area contributed by atoms with Crippen molar-refractivity contribution < 1.29 is 14.4 Å². The van der Waals surface area contributed by atoms with Gasteiger partial charge in [0.25, 0.3) is 0 Å². The van der Waals surface area contributed by atoms with Crippen LogP contribution in [0.3, 0.4) is 0 Å². The molecule has 0 amide bonds. The number of rotatable bonds is 6. The number of carbonyl (C=O) groups is 3. The molecule has 13 heteroatoms. The van der Waals surface area contributed by atoms with Crippen LogP contribution in [-0.4, -0.2) is 31.0 Å². The van der Waals surface area contributed by atoms with Crippen molar-refractivity contribution in [1.82, 2.24) is 0 Å². The summed E-state index contributed by atoms with van der Waals surface area (Å²) in [7, 11) is 0. The van der Waals surface area contributed by atoms with Crippen LogP contribution in [0.25, 0.3) is 0 Å². The van der Waals surface area contributed by atoms with Gasteiger partial charge >= 0.3 is 249 Å². The Labute approximate surface area is 241 Å². The monoisotopic (exact) mass is 1470 g/mol. The second-order valence-electron chi connectivity index (χ2n) is 3.02. The molecule has 0 N–H and O–H groups in total. The van der Waals surface area contributed by atoms with E-state index in [9.17, 15) is 14.4 Å². The van der Waals surface area contributed by atoms with Gasteiger partial charge in [-0.15, -0.1) is 0 Å². The van der Waals surface area contributed by atoms with E-state index in [0.717, 1.165) is 0 Å². The normalized spacial score (nSPS) is 13.1. The Morgan fingerprint density at radius 3 is 0.789 bits per heavy atom. The second kappa shape index (κ2) is 10.2. The first-order valence-corrected chi connectivity index (χ1v) is 20.4. The van der Waals surface area contributed by atoms with Crippen molar-refractivity contribution in [3.8, 4) is 0 Å². The molecule has 19 heavy (non-hydrogen) atoms. The van der Waals surface area contributed by atoms with Gasteiger partial charge < -0.3 is 0 Å². The third-order valence-corrected chi connectivity index (χ3v) is 38.1. The summed E-state index contributed by atoms with van der Waals surface area (Å²) in [6.45, 7) is 0. The quantitative estimate of drug-likeness (QED) is 0.196. The number of halogens is 9. The van der Waals surface area contributed by atoms with Crippen molar-refractivity contribution >= 4 is 236 Å². The van der Waals surface area contributed by atoms with E-state index in [1.165, 1.54) is 0 Å². The van der Waals surface area contributed by atoms with Crippen LogP contribution in [0.1, 0.15) is 0 Å². The van der Waals surface area contributed by atoms with Crippen molar-refractivity contribution in [3.63, 3.8) is 0 Å². The fourth-order valence-electron chi connectivity index (χ4n) is 0.848. The zero-order valence-electron chi connectivity index (χ0n) is 8.20. The van der Waals surface area contributed by atoms with Gasteiger partial charge in [0.15, 0.2) is 0 Å². The molecule has 3 nitrogen and oxygen atoms in total. The molecule has 0 aromatic heterocycles. The fraction of sp³-hybridized carbons (Fsp3) is 0.500. The second-order valence-corrected chi connectivity index (χ2v) is 45.6. The average Bonchev–Trinajstić information content (AvgIpc) is 2.13. The molecule has 0 aromatic carbocycles. The molecule has 0 saturated heterocycles. The summed E-state index contributed by atoms with van der Waals surface area (Å²) >= 11 is 14.1. The number of carbonyl (C=O) groups excluding carboxylic acids is 3. The van der Waals surface area contributed by atoms with Crippen LogP contribution < -0.4 is 0 Å². The Morgan fingerprint density at radius 1 is 0.526 bits per heavy atom. The summed E-state index contributed by atoms with van der Waals surface area (Å²) in [6, 6.07) is 0. The summed E-state index contributed by atoms with van der Waals surface area (Å²) in [5, 5.41) is 0. The van der Waals surface area contributed by atoms with Crippen LogP contribution in [-0.2, 0) is 14.4 Å². The molecular weight excluding hydrogens is 1470 g/mol. The van der Waals surface area contributed by atoms with E-state index in [0.29, 0.717) is 0 Å². The molecule has 0 aliphatic heterocycles. The molecule has 0 rings (SSSR count). The van der Waals surface area contributed by atoms with Gasteiger partial charge in [0.1, 0.15) is 0 Å². The summed E-state index contributed by atoms with van der Waals surface area (Å²) in [6.07, 6.45) is 0. The first-order valence-electron chi connectivity index (χ1n) is 3.93. The van der Waals surface area contributed by atoms with Crippen molar-refractivity contribution in [3.05, 3.63) is 0 Å². The Balaban J connectivity index is 5.74. The van der Waals surface area contributed by atoms with E-state index in [1.54, 1.807) is 0 Å². The zero-order valence-corrected chi connectivity index (χ0v) is 32.1. The van der Waals surface area contributed by atoms with Gasteiger partial charge in [-0.2, -0.15) is 0 Å². The SMILES string of the molecule is O=[C]([Tl]([C](=O)C(I)(I)I)[C](=O)C(I)(I)I)C(I)(I)I. The van der Waals surface area contributed by atoms with Crippen LogP contribution in [0.4, 0.5) is 0 Å². The molecule has 0 atom stereocenters. The van der Waals surface area contributed by atoms with Gasteiger partial charge in [0.2, 0.25) is 0 Å². The molecule has 0 saturated carbocycles. The molecule has 108 valence electrons. The van der Waals surface area contributed by atoms with Crippen molar-refractivity contribution in [2.75, 3.05) is 0 Å². The van der Waals surface area contributed by atoms with Gasteiger partial charge in [-0.1, -0.05) is 0 Å². The topological polar surface area (TPSA) is 51.2 Å². The van der Waals surface area contributed by atoms with Gasteiger partial charge in [0, 0.05) is 0 Å². The standard InChI is InChI=1S/3C2I3O.Tl/c3*3-2(4,5)1-6;. The Kier molecular flexibility index (Phi) is 13.6. The summed E-state index contributed by atoms with van der Waals surface area (Å²) in [5.74, 6) is 0. The molecule has 0 aliphatic rings. The molecule has 0 bridgehead atoms. The summed E-state index contributed by atoms with van der Waals surface area (Å²) in [4.78, 5) is 37.7. The number of hydrogen-bond donors (Lipinski definition) is 0. The molecule has 0 spiro atoms. The fourth-order valence-corrected chi connectivity index (χ4v) is 32.0. The van der Waals surface area contributed by atoms with Crippen molar-refractivity contribution in [1.29, 1.82) is 0 Å². The van der Waals surface area contributed by atoms with Crippen molar-refractivity contribution in [2.24, 2.45) is 0 Å². The van der Waals surface area contributed by atoms with Crippen molar-refractivity contribution in [2.45, 2.75) is -1.69 Å². The molecular formula is C6I9O3Tl. The predicted molar refractivity (Wildman–Crippen MR) is 155 cm³/mol. The molecule has 0 heterocycles. The maximum atomic E-state index is 12.6. The van der Waals surface area contributed by atoms with Gasteiger partial charge in [-0.3, -0.25) is 0 Å². The molecule has 0 aliphatic carbocycles. The third kappa shape index (κ3) is 9.31. The summed E-state index contributed by atoms with van der Waals surface area (Å²) in [5.41, 5.74) is 0. The Morgan fingerprint density at radius 2 is 0.684 bits per heavy atom. The van der Waals surface area contributed by atoms with Crippen LogP contribution in [0, 0.1) is 0 Å². The molecule has 0 unspecified atom stereocenters. The Bertz CT molecular complexity index is 342. The van der Waals surface area contributed by atoms with Crippen LogP contribution >= 0.6 is 203 Å². The molecule has 0 radical (unpaired) electrons. The van der Waals surface area contributed by atoms with Crippen LogP contribution in [0.15, 0.2) is 0 Å². The van der Waals surface area contributed by atoms with E-state index in [2.05, 4.69) is 0 Å². The third-order valence-electron chi connectivity index (χ3n) is 1.62. The number of alkyl halides is 9. The van der Waals surface area contributed by atoms with Crippen LogP contribution in [0.5, 0.6) is 0 Å². The molecule has 0 fully saturated rings. The first kappa shape index (κ1) is 25.5. The van der Waals surface area contributed by atoms with E-state index < -0.39 is 21.0 Å². The van der Waals surface area contributed by atoms with Gasteiger partial charge in [-0.25, -0.2) is 0 Å². The first-order chi connectivity index (χ1) is 8.10. The summed E-state index contributed by atoms with van der Waals surface area (Å²) < 4.78 is -2.53. The van der Waals surface area contributed by atoms with E-state index in [1.807, 2.05) is 203 Å². The van der Waals surface area contributed by atoms with E-state index in [4.69, 9.17) is 0 Å².